The van der Waals surface area contributed by atoms with Crippen molar-refractivity contribution in [3.63, 3.8) is 0 Å². The van der Waals surface area contributed by atoms with E-state index in [1.165, 1.54) is 9.87 Å². The highest BCUT2D eigenvalue weighted by atomic mass is 32.2. The van der Waals surface area contributed by atoms with Crippen LogP contribution in [0.1, 0.15) is 50.7 Å². The number of sulfonamides is 1. The molecule has 2 aromatic carbocycles. The number of amides is 1. The number of nitrogens with one attached hydrogen (secondary N) is 1. The molecular formula is C27H38N4O3S. The van der Waals surface area contributed by atoms with Crippen LogP contribution in [-0.4, -0.2) is 69.3 Å². The topological polar surface area (TPSA) is 73.0 Å². The highest BCUT2D eigenvalue weighted by Crippen LogP contribution is 2.35. The zero-order chi connectivity index (χ0) is 25.0. The monoisotopic (exact) mass is 498 g/mol. The molecule has 8 heteroatoms. The second-order valence-electron chi connectivity index (χ2n) is 9.32. The van der Waals surface area contributed by atoms with Crippen molar-refractivity contribution in [2.24, 2.45) is 0 Å². The molecule has 1 heterocycles. The smallest absolute Gasteiger partial charge is 0.243 e. The van der Waals surface area contributed by atoms with E-state index in [0.717, 1.165) is 63.2 Å². The van der Waals surface area contributed by atoms with Crippen LogP contribution in [-0.2, 0) is 21.2 Å². The van der Waals surface area contributed by atoms with Gasteiger partial charge < -0.3 is 15.1 Å². The summed E-state index contributed by atoms with van der Waals surface area (Å²) in [5.41, 5.74) is 3.78. The number of carbonyl (C=O) groups is 1. The molecular weight excluding hydrogens is 460 g/mol. The van der Waals surface area contributed by atoms with Gasteiger partial charge in [-0.25, -0.2) is 8.42 Å². The first-order valence-electron chi connectivity index (χ1n) is 12.9. The van der Waals surface area contributed by atoms with Crippen molar-refractivity contribution in [2.75, 3.05) is 56.0 Å². The van der Waals surface area contributed by atoms with Crippen LogP contribution in [0.5, 0.6) is 0 Å². The average Bonchev–Trinajstić information content (AvgIpc) is 2.89. The first-order chi connectivity index (χ1) is 16.9. The molecule has 4 rings (SSSR count). The van der Waals surface area contributed by atoms with Crippen LogP contribution in [0.4, 0.5) is 11.4 Å². The largest absolute Gasteiger partial charge is 0.367 e. The molecule has 190 valence electrons. The number of fused-ring (bicyclic) bond motifs is 1. The van der Waals surface area contributed by atoms with Gasteiger partial charge in [0.05, 0.1) is 22.2 Å². The van der Waals surface area contributed by atoms with E-state index in [0.29, 0.717) is 18.8 Å². The van der Waals surface area contributed by atoms with Gasteiger partial charge in [0, 0.05) is 39.3 Å². The van der Waals surface area contributed by atoms with Crippen molar-refractivity contribution in [3.05, 3.63) is 53.6 Å². The third kappa shape index (κ3) is 5.39. The Kier molecular flexibility index (Phi) is 8.14. The molecule has 1 fully saturated rings. The van der Waals surface area contributed by atoms with Gasteiger partial charge in [0.15, 0.2) is 0 Å². The van der Waals surface area contributed by atoms with Crippen LogP contribution in [0.3, 0.4) is 0 Å². The summed E-state index contributed by atoms with van der Waals surface area (Å²) in [6.45, 7) is 11.2. The number of anilines is 2. The maximum atomic E-state index is 13.6. The molecule has 1 unspecified atom stereocenters. The van der Waals surface area contributed by atoms with E-state index < -0.39 is 10.0 Å². The fourth-order valence-corrected chi connectivity index (χ4v) is 6.80. The van der Waals surface area contributed by atoms with Gasteiger partial charge in [-0.15, -0.1) is 0 Å². The summed E-state index contributed by atoms with van der Waals surface area (Å²) < 4.78 is 28.0. The van der Waals surface area contributed by atoms with Crippen LogP contribution in [0.15, 0.2) is 47.4 Å². The summed E-state index contributed by atoms with van der Waals surface area (Å²) in [4.78, 5) is 18.4. The van der Waals surface area contributed by atoms with Crippen LogP contribution in [0.25, 0.3) is 0 Å². The summed E-state index contributed by atoms with van der Waals surface area (Å²) in [6, 6.07) is 13.4. The molecule has 2 aromatic rings. The maximum Gasteiger partial charge on any atom is 0.243 e. The summed E-state index contributed by atoms with van der Waals surface area (Å²) in [5.74, 6) is -0.296. The van der Waals surface area contributed by atoms with Crippen molar-refractivity contribution >= 4 is 27.3 Å². The molecule has 1 saturated heterocycles. The SMILES string of the molecule is CCN1CCN(c2ccc(S(=O)(=O)N(CC)CC)cc2NC(=O)C2CCCc3ccccc32)CC1. The van der Waals surface area contributed by atoms with Crippen LogP contribution < -0.4 is 10.2 Å². The zero-order valence-corrected chi connectivity index (χ0v) is 22.0. The Morgan fingerprint density at radius 1 is 1.03 bits per heavy atom. The lowest BCUT2D eigenvalue weighted by atomic mass is 9.82. The fraction of sp³-hybridized carbons (Fsp3) is 0.519. The van der Waals surface area contributed by atoms with Gasteiger partial charge in [0.1, 0.15) is 0 Å². The highest BCUT2D eigenvalue weighted by molar-refractivity contribution is 7.89. The Hall–Kier alpha value is -2.42. The lowest BCUT2D eigenvalue weighted by Crippen LogP contribution is -2.46. The Labute approximate surface area is 210 Å². The summed E-state index contributed by atoms with van der Waals surface area (Å²) in [7, 11) is -3.64. The summed E-state index contributed by atoms with van der Waals surface area (Å²) in [6.07, 6.45) is 2.76. The molecule has 0 radical (unpaired) electrons. The van der Waals surface area contributed by atoms with E-state index in [9.17, 15) is 13.2 Å². The Bertz CT molecular complexity index is 1140. The first-order valence-corrected chi connectivity index (χ1v) is 14.3. The molecule has 1 aliphatic carbocycles. The molecule has 35 heavy (non-hydrogen) atoms. The van der Waals surface area contributed by atoms with Gasteiger partial charge in [-0.1, -0.05) is 45.0 Å². The highest BCUT2D eigenvalue weighted by Gasteiger charge is 2.29. The van der Waals surface area contributed by atoms with E-state index in [4.69, 9.17) is 0 Å². The molecule has 1 aliphatic heterocycles. The molecule has 0 saturated carbocycles. The average molecular weight is 499 g/mol. The van der Waals surface area contributed by atoms with Crippen molar-refractivity contribution in [2.45, 2.75) is 50.8 Å². The number of hydrogen-bond acceptors (Lipinski definition) is 5. The number of likely N-dealkylation sites (N-methyl/N-ethyl adjacent to an activating group) is 1. The normalized spacial score (nSPS) is 19.0. The van der Waals surface area contributed by atoms with Gasteiger partial charge >= 0.3 is 0 Å². The number of carbonyl (C=O) groups excluding carboxylic acids is 1. The molecule has 1 N–H and O–H groups in total. The predicted molar refractivity (Wildman–Crippen MR) is 142 cm³/mol. The number of piperazine rings is 1. The van der Waals surface area contributed by atoms with Gasteiger partial charge in [0.2, 0.25) is 15.9 Å². The minimum Gasteiger partial charge on any atom is -0.367 e. The standard InChI is InChI=1S/C27H38N4O3S/c1-4-29-16-18-30(19-17-29)26-15-14-22(35(33,34)31(5-2)6-3)20-25(26)28-27(32)24-13-9-11-21-10-7-8-12-23(21)24/h7-8,10,12,14-15,20,24H,4-6,9,11,13,16-19H2,1-3H3,(H,28,32). The van der Waals surface area contributed by atoms with E-state index >= 15 is 0 Å². The van der Waals surface area contributed by atoms with Gasteiger partial charge in [-0.2, -0.15) is 4.31 Å². The Balaban J connectivity index is 1.68. The third-order valence-corrected chi connectivity index (χ3v) is 9.46. The van der Waals surface area contributed by atoms with Crippen LogP contribution in [0.2, 0.25) is 0 Å². The lowest BCUT2D eigenvalue weighted by Gasteiger charge is -2.36. The van der Waals surface area contributed by atoms with Crippen molar-refractivity contribution < 1.29 is 13.2 Å². The number of aryl methyl sites for hydroxylation is 1. The summed E-state index contributed by atoms with van der Waals surface area (Å²) >= 11 is 0. The maximum absolute atomic E-state index is 13.6. The number of rotatable bonds is 8. The minimum absolute atomic E-state index is 0.0667. The zero-order valence-electron chi connectivity index (χ0n) is 21.2. The van der Waals surface area contributed by atoms with Crippen molar-refractivity contribution in [1.82, 2.24) is 9.21 Å². The molecule has 0 spiro atoms. The molecule has 2 aliphatic rings. The van der Waals surface area contributed by atoms with Gasteiger partial charge in [-0.05, 0) is 55.1 Å². The molecule has 0 aromatic heterocycles. The second kappa shape index (κ2) is 11.1. The lowest BCUT2D eigenvalue weighted by molar-refractivity contribution is -0.117. The minimum atomic E-state index is -3.64. The first kappa shape index (κ1) is 25.7. The Morgan fingerprint density at radius 3 is 2.43 bits per heavy atom. The molecule has 7 nitrogen and oxygen atoms in total. The fourth-order valence-electron chi connectivity index (χ4n) is 5.32. The quantitative estimate of drug-likeness (QED) is 0.597. The van der Waals surface area contributed by atoms with E-state index in [2.05, 4.69) is 28.1 Å². The number of benzene rings is 2. The molecule has 1 atom stereocenters. The van der Waals surface area contributed by atoms with Crippen LogP contribution >= 0.6 is 0 Å². The van der Waals surface area contributed by atoms with Gasteiger partial charge in [0.25, 0.3) is 0 Å². The molecule has 1 amide bonds. The number of hydrogen-bond donors (Lipinski definition) is 1. The van der Waals surface area contributed by atoms with E-state index in [-0.39, 0.29) is 16.7 Å². The van der Waals surface area contributed by atoms with E-state index in [1.54, 1.807) is 12.1 Å². The Morgan fingerprint density at radius 2 is 1.74 bits per heavy atom. The molecule has 0 bridgehead atoms. The van der Waals surface area contributed by atoms with Crippen LogP contribution in [0, 0.1) is 0 Å². The number of nitrogens with zero attached hydrogens (tertiary/aromatic N) is 3. The summed E-state index contributed by atoms with van der Waals surface area (Å²) in [5, 5.41) is 3.15. The van der Waals surface area contributed by atoms with Gasteiger partial charge in [-0.3, -0.25) is 4.79 Å². The second-order valence-corrected chi connectivity index (χ2v) is 11.3. The van der Waals surface area contributed by atoms with Crippen molar-refractivity contribution in [1.29, 1.82) is 0 Å². The third-order valence-electron chi connectivity index (χ3n) is 7.42. The predicted octanol–water partition coefficient (Wildman–Crippen LogP) is 3.92. The van der Waals surface area contributed by atoms with Crippen molar-refractivity contribution in [3.8, 4) is 0 Å². The van der Waals surface area contributed by atoms with E-state index in [1.807, 2.05) is 38.1 Å².